The number of nitrogens with one attached hydrogen (secondary N) is 2. The van der Waals surface area contributed by atoms with Crippen molar-refractivity contribution in [1.29, 1.82) is 0 Å². The number of halogens is 1. The number of thiazole rings is 2. The molecule has 0 radical (unpaired) electrons. The molecule has 0 fully saturated rings. The molecule has 6 nitrogen and oxygen atoms in total. The van der Waals surface area contributed by atoms with E-state index in [-0.39, 0.29) is 17.5 Å². The van der Waals surface area contributed by atoms with Crippen molar-refractivity contribution in [1.82, 2.24) is 9.97 Å². The zero-order valence-electron chi connectivity index (χ0n) is 14.0. The summed E-state index contributed by atoms with van der Waals surface area (Å²) in [6.45, 7) is 3.35. The van der Waals surface area contributed by atoms with Gasteiger partial charge < -0.3 is 5.32 Å². The molecule has 26 heavy (non-hydrogen) atoms. The van der Waals surface area contributed by atoms with Crippen molar-refractivity contribution >= 4 is 56.4 Å². The first-order chi connectivity index (χ1) is 12.4. The Bertz CT molecular complexity index is 967. The Kier molecular flexibility index (Phi) is 5.65. The smallest absolute Gasteiger partial charge is 0.276 e. The monoisotopic (exact) mass is 406 g/mol. The molecule has 0 aliphatic heterocycles. The molecule has 2 amide bonds. The predicted molar refractivity (Wildman–Crippen MR) is 105 cm³/mol. The minimum atomic E-state index is -0.368. The first-order valence-electron chi connectivity index (χ1n) is 7.65. The van der Waals surface area contributed by atoms with E-state index in [9.17, 15) is 9.59 Å². The molecular formula is C17H15ClN4O2S2. The van der Waals surface area contributed by atoms with Gasteiger partial charge in [0.1, 0.15) is 5.69 Å². The Morgan fingerprint density at radius 2 is 2.04 bits per heavy atom. The standard InChI is InChI=1S/C17H15ClN4O2S2/c1-9-4-3-5-11(14(9)18)6-12-7-19-16(26-12)22-15(24)13-8-25-17(21-13)20-10(2)23/h3-5,7-8H,6H2,1-2H3,(H,19,22,24)(H,20,21,23). The van der Waals surface area contributed by atoms with Gasteiger partial charge in [0.15, 0.2) is 10.3 Å². The second kappa shape index (κ2) is 7.94. The number of aromatic nitrogens is 2. The van der Waals surface area contributed by atoms with Gasteiger partial charge in [-0.25, -0.2) is 9.97 Å². The Labute approximate surface area is 163 Å². The zero-order chi connectivity index (χ0) is 18.7. The van der Waals surface area contributed by atoms with Crippen molar-refractivity contribution < 1.29 is 9.59 Å². The Morgan fingerprint density at radius 3 is 2.81 bits per heavy atom. The van der Waals surface area contributed by atoms with Gasteiger partial charge in [-0.05, 0) is 18.1 Å². The second-order valence-electron chi connectivity index (χ2n) is 5.53. The number of anilines is 2. The third-order valence-electron chi connectivity index (χ3n) is 3.43. The maximum absolute atomic E-state index is 12.2. The van der Waals surface area contributed by atoms with Crippen LogP contribution < -0.4 is 10.6 Å². The van der Waals surface area contributed by atoms with E-state index in [1.54, 1.807) is 11.6 Å². The number of aryl methyl sites for hydroxylation is 1. The van der Waals surface area contributed by atoms with Gasteiger partial charge in [0, 0.05) is 34.8 Å². The van der Waals surface area contributed by atoms with Crippen molar-refractivity contribution in [2.24, 2.45) is 0 Å². The van der Waals surface area contributed by atoms with Crippen molar-refractivity contribution in [2.75, 3.05) is 10.6 Å². The lowest BCUT2D eigenvalue weighted by Crippen LogP contribution is -2.12. The summed E-state index contributed by atoms with van der Waals surface area (Å²) in [5.41, 5.74) is 2.28. The van der Waals surface area contributed by atoms with Crippen LogP contribution in [-0.2, 0) is 11.2 Å². The molecule has 3 rings (SSSR count). The summed E-state index contributed by atoms with van der Waals surface area (Å²) in [7, 11) is 0. The molecule has 134 valence electrons. The lowest BCUT2D eigenvalue weighted by Gasteiger charge is -2.04. The predicted octanol–water partition coefficient (Wildman–Crippen LogP) is 4.36. The number of hydrogen-bond donors (Lipinski definition) is 2. The first kappa shape index (κ1) is 18.5. The number of amides is 2. The Hall–Kier alpha value is -2.29. The van der Waals surface area contributed by atoms with E-state index in [0.717, 1.165) is 21.0 Å². The number of rotatable bonds is 5. The van der Waals surface area contributed by atoms with Crippen LogP contribution in [0.3, 0.4) is 0 Å². The van der Waals surface area contributed by atoms with Crippen LogP contribution in [0.1, 0.15) is 33.4 Å². The molecule has 2 N–H and O–H groups in total. The van der Waals surface area contributed by atoms with E-state index in [2.05, 4.69) is 20.6 Å². The normalized spacial score (nSPS) is 10.6. The summed E-state index contributed by atoms with van der Waals surface area (Å²) in [5.74, 6) is -0.599. The fourth-order valence-electron chi connectivity index (χ4n) is 2.23. The van der Waals surface area contributed by atoms with Gasteiger partial charge in [0.25, 0.3) is 5.91 Å². The number of hydrogen-bond acceptors (Lipinski definition) is 6. The molecule has 2 heterocycles. The lowest BCUT2D eigenvalue weighted by atomic mass is 10.1. The molecule has 0 bridgehead atoms. The van der Waals surface area contributed by atoms with Gasteiger partial charge >= 0.3 is 0 Å². The van der Waals surface area contributed by atoms with Crippen molar-refractivity contribution in [3.8, 4) is 0 Å². The van der Waals surface area contributed by atoms with Gasteiger partial charge in [-0.3, -0.25) is 14.9 Å². The maximum Gasteiger partial charge on any atom is 0.276 e. The fourth-order valence-corrected chi connectivity index (χ4v) is 3.99. The topological polar surface area (TPSA) is 84.0 Å². The molecule has 0 atom stereocenters. The minimum absolute atomic E-state index is 0.231. The third-order valence-corrected chi connectivity index (χ3v) is 5.64. The summed E-state index contributed by atoms with van der Waals surface area (Å²) < 4.78 is 0. The average molecular weight is 407 g/mol. The molecule has 0 aliphatic carbocycles. The molecule has 0 spiro atoms. The molecule has 9 heteroatoms. The average Bonchev–Trinajstić information content (AvgIpc) is 3.21. The number of nitrogens with zero attached hydrogens (tertiary/aromatic N) is 2. The fraction of sp³-hybridized carbons (Fsp3) is 0.176. The van der Waals surface area contributed by atoms with E-state index >= 15 is 0 Å². The summed E-state index contributed by atoms with van der Waals surface area (Å²) in [5, 5.41) is 8.48. The Balaban J connectivity index is 1.66. The summed E-state index contributed by atoms with van der Waals surface area (Å²) in [6, 6.07) is 5.91. The number of benzene rings is 1. The van der Waals surface area contributed by atoms with Gasteiger partial charge in [0.05, 0.1) is 0 Å². The highest BCUT2D eigenvalue weighted by Crippen LogP contribution is 2.27. The van der Waals surface area contributed by atoms with Crippen LogP contribution in [0.25, 0.3) is 0 Å². The second-order valence-corrected chi connectivity index (χ2v) is 7.88. The summed E-state index contributed by atoms with van der Waals surface area (Å²) >= 11 is 8.91. The molecule has 0 saturated carbocycles. The van der Waals surface area contributed by atoms with Crippen LogP contribution in [-0.4, -0.2) is 21.8 Å². The van der Waals surface area contributed by atoms with Crippen molar-refractivity contribution in [3.63, 3.8) is 0 Å². The molecule has 0 aliphatic rings. The van der Waals surface area contributed by atoms with Crippen LogP contribution in [0.5, 0.6) is 0 Å². The molecule has 1 aromatic carbocycles. The van der Waals surface area contributed by atoms with Crippen LogP contribution in [0.15, 0.2) is 29.8 Å². The quantitative estimate of drug-likeness (QED) is 0.659. The van der Waals surface area contributed by atoms with Crippen molar-refractivity contribution in [2.45, 2.75) is 20.3 Å². The highest BCUT2D eigenvalue weighted by molar-refractivity contribution is 7.15. The summed E-state index contributed by atoms with van der Waals surface area (Å²) in [6.07, 6.45) is 2.38. The maximum atomic E-state index is 12.2. The van der Waals surface area contributed by atoms with Crippen LogP contribution in [0.4, 0.5) is 10.3 Å². The van der Waals surface area contributed by atoms with Gasteiger partial charge in [0.2, 0.25) is 5.91 Å². The van der Waals surface area contributed by atoms with Gasteiger partial charge in [-0.2, -0.15) is 0 Å². The summed E-state index contributed by atoms with van der Waals surface area (Å²) in [4.78, 5) is 32.6. The molecular weight excluding hydrogens is 392 g/mol. The number of carbonyl (C=O) groups is 2. The zero-order valence-corrected chi connectivity index (χ0v) is 16.4. The van der Waals surface area contributed by atoms with E-state index in [1.165, 1.54) is 29.6 Å². The van der Waals surface area contributed by atoms with Gasteiger partial charge in [-0.1, -0.05) is 29.8 Å². The first-order valence-corrected chi connectivity index (χ1v) is 9.73. The highest BCUT2D eigenvalue weighted by atomic mass is 35.5. The third kappa shape index (κ3) is 4.46. The molecule has 0 saturated heterocycles. The minimum Gasteiger partial charge on any atom is -0.302 e. The lowest BCUT2D eigenvalue weighted by molar-refractivity contribution is -0.114. The van der Waals surface area contributed by atoms with Gasteiger partial charge in [-0.15, -0.1) is 22.7 Å². The van der Waals surface area contributed by atoms with Crippen LogP contribution >= 0.6 is 34.3 Å². The Morgan fingerprint density at radius 1 is 1.23 bits per heavy atom. The molecule has 0 unspecified atom stereocenters. The molecule has 3 aromatic rings. The van der Waals surface area contributed by atoms with E-state index in [4.69, 9.17) is 11.6 Å². The number of carbonyl (C=O) groups excluding carboxylic acids is 2. The van der Waals surface area contributed by atoms with E-state index in [0.29, 0.717) is 16.7 Å². The van der Waals surface area contributed by atoms with Crippen molar-refractivity contribution in [3.05, 3.63) is 56.5 Å². The van der Waals surface area contributed by atoms with Crippen LogP contribution in [0, 0.1) is 6.92 Å². The largest absolute Gasteiger partial charge is 0.302 e. The van der Waals surface area contributed by atoms with E-state index < -0.39 is 0 Å². The molecule has 2 aromatic heterocycles. The highest BCUT2D eigenvalue weighted by Gasteiger charge is 2.14. The van der Waals surface area contributed by atoms with Crippen LogP contribution in [0.2, 0.25) is 5.02 Å². The van der Waals surface area contributed by atoms with E-state index in [1.807, 2.05) is 25.1 Å². The SMILES string of the molecule is CC(=O)Nc1nc(C(=O)Nc2ncc(Cc3cccc(C)c3Cl)s2)cs1.